The molecule has 0 radical (unpaired) electrons. The first kappa shape index (κ1) is 4.80. The van der Waals surface area contributed by atoms with Gasteiger partial charge in [0.05, 0.1) is 0 Å². The van der Waals surface area contributed by atoms with Gasteiger partial charge >= 0.3 is 0 Å². The molecule has 0 saturated carbocycles. The molecule has 0 bridgehead atoms. The van der Waals surface area contributed by atoms with E-state index in [-0.39, 0.29) is 8.83 Å². The first-order chi connectivity index (χ1) is 1.91. The van der Waals surface area contributed by atoms with Crippen molar-refractivity contribution in [2.75, 3.05) is 5.50 Å². The van der Waals surface area contributed by atoms with Gasteiger partial charge in [0.2, 0.25) is 0 Å². The van der Waals surface area contributed by atoms with Crippen molar-refractivity contribution in [2.24, 2.45) is 0 Å². The van der Waals surface area contributed by atoms with Gasteiger partial charge in [-0.1, -0.05) is 0 Å². The Morgan fingerprint density at radius 1 is 1.75 bits per heavy atom. The molecule has 0 nitrogen and oxygen atoms in total. The lowest BCUT2D eigenvalue weighted by atomic mass is 11.9. The summed E-state index contributed by atoms with van der Waals surface area (Å²) in [6, 6.07) is 0. The van der Waals surface area contributed by atoms with Crippen LogP contribution >= 0.6 is 22.7 Å². The molecule has 0 aromatic rings. The van der Waals surface area contributed by atoms with E-state index in [1.807, 2.05) is 0 Å². The molecular formula is CH4Cl2Si. The Kier molecular flexibility index (Phi) is 4.55. The molecule has 0 aliphatic rings. The van der Waals surface area contributed by atoms with Gasteiger partial charge in [0.25, 0.3) is 0 Å². The van der Waals surface area contributed by atoms with Crippen molar-refractivity contribution in [2.45, 2.75) is 0 Å². The molecule has 0 aliphatic carbocycles. The van der Waals surface area contributed by atoms with Crippen LogP contribution in [0.5, 0.6) is 0 Å². The quantitative estimate of drug-likeness (QED) is 0.265. The Morgan fingerprint density at radius 3 is 2.00 bits per heavy atom. The maximum atomic E-state index is 5.19. The second-order valence-electron chi connectivity index (χ2n) is 0.378. The number of hydrogen-bond donors (Lipinski definition) is 0. The Bertz CT molecular complexity index is 8.00. The lowest BCUT2D eigenvalue weighted by Crippen LogP contribution is -1.71. The van der Waals surface area contributed by atoms with Crippen LogP contribution in [0.1, 0.15) is 0 Å². The van der Waals surface area contributed by atoms with Crippen molar-refractivity contribution in [3.63, 3.8) is 0 Å². The highest BCUT2D eigenvalue weighted by Gasteiger charge is 1.64. The van der Waals surface area contributed by atoms with Crippen LogP contribution in [0.2, 0.25) is 0 Å². The van der Waals surface area contributed by atoms with Gasteiger partial charge in [0.1, 0.15) is 8.83 Å². The van der Waals surface area contributed by atoms with E-state index < -0.39 is 0 Å². The molecule has 0 rings (SSSR count). The smallest absolute Gasteiger partial charge is 0.139 e. The van der Waals surface area contributed by atoms with E-state index in [4.69, 9.17) is 22.7 Å². The van der Waals surface area contributed by atoms with Gasteiger partial charge in [-0.05, 0) is 0 Å². The van der Waals surface area contributed by atoms with Crippen LogP contribution in [0.3, 0.4) is 0 Å². The summed E-state index contributed by atoms with van der Waals surface area (Å²) >= 11 is 10.3. The van der Waals surface area contributed by atoms with E-state index in [1.165, 1.54) is 0 Å². The van der Waals surface area contributed by atoms with Gasteiger partial charge in [0, 0.05) is 5.50 Å². The molecule has 0 N–H and O–H groups in total. The minimum absolute atomic E-state index is 0.338. The molecule has 0 aromatic carbocycles. The number of halogens is 2. The summed E-state index contributed by atoms with van der Waals surface area (Å²) in [5.74, 6) is 0. The zero-order valence-corrected chi connectivity index (χ0v) is 5.10. The van der Waals surface area contributed by atoms with Gasteiger partial charge in [-0.2, -0.15) is 11.1 Å². The van der Waals surface area contributed by atoms with Crippen molar-refractivity contribution in [3.8, 4) is 0 Å². The van der Waals surface area contributed by atoms with Gasteiger partial charge in [-0.15, -0.1) is 11.6 Å². The third-order valence-electron chi connectivity index (χ3n) is 0.0714. The zero-order chi connectivity index (χ0) is 3.41. The van der Waals surface area contributed by atoms with Gasteiger partial charge in [-0.3, -0.25) is 0 Å². The maximum Gasteiger partial charge on any atom is 0.139 e. The maximum absolute atomic E-state index is 5.19. The fourth-order valence-corrected chi connectivity index (χ4v) is 0. The van der Waals surface area contributed by atoms with Crippen molar-refractivity contribution >= 4 is 31.5 Å². The third kappa shape index (κ3) is 2.80. The average Bonchev–Trinajstić information content (AvgIpc) is 1.37. The summed E-state index contributed by atoms with van der Waals surface area (Å²) in [6.07, 6.45) is 0. The van der Waals surface area contributed by atoms with Crippen LogP contribution in [-0.4, -0.2) is 14.3 Å². The predicted molar refractivity (Wildman–Crippen MR) is 25.1 cm³/mol. The van der Waals surface area contributed by atoms with Crippen molar-refractivity contribution in [1.29, 1.82) is 0 Å². The molecule has 26 valence electrons. The topological polar surface area (TPSA) is 0 Å². The fourth-order valence-electron chi connectivity index (χ4n) is 0. The number of hydrogen-bond acceptors (Lipinski definition) is 0. The molecule has 0 heterocycles. The molecular weight excluding hydrogens is 111 g/mol. The van der Waals surface area contributed by atoms with Crippen LogP contribution in [0.15, 0.2) is 0 Å². The average molecular weight is 115 g/mol. The molecule has 3 heteroatoms. The van der Waals surface area contributed by atoms with Crippen molar-refractivity contribution in [3.05, 3.63) is 0 Å². The minimum atomic E-state index is -0.338. The molecule has 0 amide bonds. The first-order valence-corrected chi connectivity index (χ1v) is 4.71. The van der Waals surface area contributed by atoms with Crippen LogP contribution in [0.4, 0.5) is 0 Å². The highest BCUT2D eigenvalue weighted by atomic mass is 35.6. The Labute approximate surface area is 37.6 Å². The second-order valence-corrected chi connectivity index (χ2v) is 3.40. The van der Waals surface area contributed by atoms with Crippen molar-refractivity contribution < 1.29 is 0 Å². The summed E-state index contributed by atoms with van der Waals surface area (Å²) in [5, 5.41) is 0. The second kappa shape index (κ2) is 3.80. The Balaban J connectivity index is 1.97. The van der Waals surface area contributed by atoms with Crippen LogP contribution in [-0.2, 0) is 0 Å². The molecule has 0 aromatic heterocycles. The normalized spacial score (nSPS) is 10.5. The van der Waals surface area contributed by atoms with E-state index in [2.05, 4.69) is 0 Å². The van der Waals surface area contributed by atoms with E-state index in [1.54, 1.807) is 0 Å². The fraction of sp³-hybridized carbons (Fsp3) is 1.00. The molecule has 0 aliphatic heterocycles. The van der Waals surface area contributed by atoms with E-state index >= 15 is 0 Å². The van der Waals surface area contributed by atoms with Crippen LogP contribution in [0.25, 0.3) is 0 Å². The molecule has 0 saturated heterocycles. The van der Waals surface area contributed by atoms with Gasteiger partial charge < -0.3 is 0 Å². The largest absolute Gasteiger partial charge is 0.175 e. The monoisotopic (exact) mass is 114 g/mol. The highest BCUT2D eigenvalue weighted by molar-refractivity contribution is 6.96. The zero-order valence-electron chi connectivity index (χ0n) is 2.17. The standard InChI is InChI=1S/CH4Cl2Si/c2-1-4-3/h1,4H2. The summed E-state index contributed by atoms with van der Waals surface area (Å²) in [7, 11) is -0.338. The lowest BCUT2D eigenvalue weighted by Gasteiger charge is -1.61. The van der Waals surface area contributed by atoms with E-state index in [9.17, 15) is 0 Å². The van der Waals surface area contributed by atoms with Gasteiger partial charge in [0.15, 0.2) is 0 Å². The summed E-state index contributed by atoms with van der Waals surface area (Å²) in [4.78, 5) is 0. The van der Waals surface area contributed by atoms with E-state index in [0.717, 1.165) is 0 Å². The first-order valence-electron chi connectivity index (χ1n) is 1.03. The molecule has 0 fully saturated rings. The van der Waals surface area contributed by atoms with Crippen LogP contribution < -0.4 is 0 Å². The third-order valence-corrected chi connectivity index (χ3v) is 1.93. The summed E-state index contributed by atoms with van der Waals surface area (Å²) < 4.78 is 0. The lowest BCUT2D eigenvalue weighted by molar-refractivity contribution is 2.18. The highest BCUT2D eigenvalue weighted by Crippen LogP contribution is 1.70. The molecule has 0 unspecified atom stereocenters. The molecule has 0 spiro atoms. The molecule has 0 atom stereocenters. The van der Waals surface area contributed by atoms with Gasteiger partial charge in [-0.25, -0.2) is 0 Å². The number of alkyl halides is 1. The summed E-state index contributed by atoms with van der Waals surface area (Å²) in [5.41, 5.74) is 0.696. The predicted octanol–water partition coefficient (Wildman–Crippen LogP) is 0.505. The number of rotatable bonds is 1. The Hall–Kier alpha value is 0.797. The van der Waals surface area contributed by atoms with Crippen molar-refractivity contribution in [1.82, 2.24) is 0 Å². The van der Waals surface area contributed by atoms with Crippen LogP contribution in [0, 0.1) is 0 Å². The summed E-state index contributed by atoms with van der Waals surface area (Å²) in [6.45, 7) is 0. The molecule has 4 heavy (non-hydrogen) atoms. The van der Waals surface area contributed by atoms with E-state index in [0.29, 0.717) is 5.50 Å². The minimum Gasteiger partial charge on any atom is -0.175 e. The SMILES string of the molecule is ClC[SiH2]Cl. The Morgan fingerprint density at radius 2 is 2.00 bits per heavy atom.